The zero-order valence-electron chi connectivity index (χ0n) is 15.2. The van der Waals surface area contributed by atoms with Crippen LogP contribution in [0.25, 0.3) is 10.9 Å². The van der Waals surface area contributed by atoms with E-state index in [1.165, 1.54) is 14.2 Å². The first-order chi connectivity index (χ1) is 12.0. The number of para-hydroxylation sites is 1. The summed E-state index contributed by atoms with van der Waals surface area (Å²) in [6, 6.07) is 9.94. The highest BCUT2D eigenvalue weighted by Gasteiger charge is 2.48. The van der Waals surface area contributed by atoms with Gasteiger partial charge in [-0.2, -0.15) is 0 Å². The molecule has 0 aliphatic heterocycles. The van der Waals surface area contributed by atoms with Crippen LogP contribution in [0.5, 0.6) is 0 Å². The van der Waals surface area contributed by atoms with E-state index in [1.807, 2.05) is 61.0 Å². The Kier molecular flexibility index (Phi) is 6.02. The van der Waals surface area contributed by atoms with Crippen molar-refractivity contribution in [1.29, 1.82) is 0 Å². The minimum atomic E-state index is -1.39. The third-order valence-electron chi connectivity index (χ3n) is 4.55. The number of benzene rings is 1. The van der Waals surface area contributed by atoms with E-state index in [0.29, 0.717) is 0 Å². The second kappa shape index (κ2) is 8.01. The Labute approximate surface area is 148 Å². The molecule has 0 aliphatic carbocycles. The van der Waals surface area contributed by atoms with Crippen LogP contribution in [0, 0.1) is 5.41 Å². The van der Waals surface area contributed by atoms with E-state index >= 15 is 0 Å². The second-order valence-electron chi connectivity index (χ2n) is 6.08. The van der Waals surface area contributed by atoms with E-state index in [0.717, 1.165) is 23.0 Å². The summed E-state index contributed by atoms with van der Waals surface area (Å²) in [5.74, 6) is -1.16. The van der Waals surface area contributed by atoms with Crippen LogP contribution < -0.4 is 0 Å². The fourth-order valence-electron chi connectivity index (χ4n) is 3.13. The molecule has 2 rings (SSSR count). The van der Waals surface area contributed by atoms with E-state index < -0.39 is 17.4 Å². The predicted octanol–water partition coefficient (Wildman–Crippen LogP) is 3.41. The molecule has 1 aromatic heterocycles. The van der Waals surface area contributed by atoms with E-state index in [2.05, 4.69) is 0 Å². The van der Waals surface area contributed by atoms with Gasteiger partial charge in [0.15, 0.2) is 5.41 Å². The molecule has 0 N–H and O–H groups in total. The van der Waals surface area contributed by atoms with Gasteiger partial charge in [-0.1, -0.05) is 37.3 Å². The van der Waals surface area contributed by atoms with Crippen molar-refractivity contribution in [3.05, 3.63) is 48.2 Å². The SMILES string of the molecule is CC/C=C\CC(Cc1cc2ccccc2n1C)(C(=O)OC)C(=O)OC. The Balaban J connectivity index is 2.52. The molecule has 0 unspecified atom stereocenters. The molecular weight excluding hydrogens is 318 g/mol. The fraction of sp³-hybridized carbons (Fsp3) is 0.400. The molecule has 0 saturated heterocycles. The first-order valence-electron chi connectivity index (χ1n) is 8.35. The molecule has 5 heteroatoms. The number of fused-ring (bicyclic) bond motifs is 1. The summed E-state index contributed by atoms with van der Waals surface area (Å²) in [7, 11) is 4.52. The number of carbonyl (C=O) groups is 2. The maximum Gasteiger partial charge on any atom is 0.323 e. The van der Waals surface area contributed by atoms with Crippen LogP contribution in [-0.2, 0) is 32.5 Å². The van der Waals surface area contributed by atoms with E-state index in [9.17, 15) is 9.59 Å². The van der Waals surface area contributed by atoms with Gasteiger partial charge < -0.3 is 14.0 Å². The van der Waals surface area contributed by atoms with Crippen LogP contribution in [-0.4, -0.2) is 30.7 Å². The van der Waals surface area contributed by atoms with Crippen LogP contribution >= 0.6 is 0 Å². The number of nitrogens with zero attached hydrogens (tertiary/aromatic N) is 1. The molecule has 0 aliphatic rings. The normalized spacial score (nSPS) is 11.8. The molecule has 0 fully saturated rings. The van der Waals surface area contributed by atoms with Crippen molar-refractivity contribution in [3.8, 4) is 0 Å². The number of methoxy groups -OCH3 is 2. The molecule has 0 atom stereocenters. The highest BCUT2D eigenvalue weighted by molar-refractivity contribution is 6.00. The number of hydrogen-bond acceptors (Lipinski definition) is 4. The minimum Gasteiger partial charge on any atom is -0.468 e. The molecule has 0 spiro atoms. The van der Waals surface area contributed by atoms with Gasteiger partial charge in [0.2, 0.25) is 0 Å². The zero-order chi connectivity index (χ0) is 18.4. The Morgan fingerprint density at radius 2 is 1.76 bits per heavy atom. The number of allylic oxidation sites excluding steroid dienone is 2. The summed E-state index contributed by atoms with van der Waals surface area (Å²) in [4.78, 5) is 25.2. The zero-order valence-corrected chi connectivity index (χ0v) is 15.2. The second-order valence-corrected chi connectivity index (χ2v) is 6.08. The Bertz CT molecular complexity index is 772. The maximum atomic E-state index is 12.6. The van der Waals surface area contributed by atoms with E-state index in [1.54, 1.807) is 0 Å². The van der Waals surface area contributed by atoms with E-state index in [-0.39, 0.29) is 12.8 Å². The van der Waals surface area contributed by atoms with Gasteiger partial charge in [0.05, 0.1) is 14.2 Å². The smallest absolute Gasteiger partial charge is 0.323 e. The van der Waals surface area contributed by atoms with Crippen molar-refractivity contribution in [1.82, 2.24) is 4.57 Å². The molecule has 5 nitrogen and oxygen atoms in total. The number of rotatable bonds is 7. The third kappa shape index (κ3) is 3.60. The lowest BCUT2D eigenvalue weighted by molar-refractivity contribution is -0.169. The quantitative estimate of drug-likeness (QED) is 0.439. The van der Waals surface area contributed by atoms with Crippen LogP contribution in [0.2, 0.25) is 0 Å². The molecule has 0 amide bonds. The van der Waals surface area contributed by atoms with Gasteiger partial charge in [0, 0.05) is 24.7 Å². The highest BCUT2D eigenvalue weighted by Crippen LogP contribution is 2.33. The molecular formula is C20H25NO4. The Morgan fingerprint density at radius 3 is 2.32 bits per heavy atom. The number of aromatic nitrogens is 1. The van der Waals surface area contributed by atoms with Crippen molar-refractivity contribution in [3.63, 3.8) is 0 Å². The van der Waals surface area contributed by atoms with Gasteiger partial charge in [-0.3, -0.25) is 9.59 Å². The number of ether oxygens (including phenoxy) is 2. The van der Waals surface area contributed by atoms with Crippen LogP contribution in [0.4, 0.5) is 0 Å². The average Bonchev–Trinajstić information content (AvgIpc) is 2.95. The molecule has 0 bridgehead atoms. The summed E-state index contributed by atoms with van der Waals surface area (Å²) >= 11 is 0. The first-order valence-corrected chi connectivity index (χ1v) is 8.35. The van der Waals surface area contributed by atoms with Gasteiger partial charge in [-0.15, -0.1) is 0 Å². The van der Waals surface area contributed by atoms with Crippen molar-refractivity contribution in [2.75, 3.05) is 14.2 Å². The predicted molar refractivity (Wildman–Crippen MR) is 97.1 cm³/mol. The summed E-state index contributed by atoms with van der Waals surface area (Å²) in [5, 5.41) is 1.06. The van der Waals surface area contributed by atoms with Gasteiger partial charge in [-0.05, 0) is 30.4 Å². The topological polar surface area (TPSA) is 57.5 Å². The average molecular weight is 343 g/mol. The van der Waals surface area contributed by atoms with Crippen molar-refractivity contribution < 1.29 is 19.1 Å². The largest absolute Gasteiger partial charge is 0.468 e. The van der Waals surface area contributed by atoms with Gasteiger partial charge in [0.25, 0.3) is 0 Å². The lowest BCUT2D eigenvalue weighted by atomic mass is 9.79. The lowest BCUT2D eigenvalue weighted by Gasteiger charge is -2.27. The van der Waals surface area contributed by atoms with Crippen LogP contribution in [0.3, 0.4) is 0 Å². The van der Waals surface area contributed by atoms with Crippen molar-refractivity contribution in [2.45, 2.75) is 26.2 Å². The molecule has 0 radical (unpaired) electrons. The first kappa shape index (κ1) is 18.8. The molecule has 25 heavy (non-hydrogen) atoms. The molecule has 1 heterocycles. The van der Waals surface area contributed by atoms with Crippen LogP contribution in [0.1, 0.15) is 25.5 Å². The van der Waals surface area contributed by atoms with Crippen LogP contribution in [0.15, 0.2) is 42.5 Å². The fourth-order valence-corrected chi connectivity index (χ4v) is 3.13. The number of carbonyl (C=O) groups excluding carboxylic acids is 2. The molecule has 2 aromatic rings. The van der Waals surface area contributed by atoms with Gasteiger partial charge in [0.1, 0.15) is 0 Å². The summed E-state index contributed by atoms with van der Waals surface area (Å²) in [5.41, 5.74) is 0.532. The standard InChI is InChI=1S/C20H25NO4/c1-5-6-9-12-20(18(22)24-3,19(23)25-4)14-16-13-15-10-7-8-11-17(15)21(16)2/h6-11,13H,5,12,14H2,1-4H3/b9-6-. The number of aryl methyl sites for hydroxylation is 1. The third-order valence-corrected chi connectivity index (χ3v) is 4.55. The lowest BCUT2D eigenvalue weighted by Crippen LogP contribution is -2.43. The van der Waals surface area contributed by atoms with Gasteiger partial charge in [-0.25, -0.2) is 0 Å². The summed E-state index contributed by atoms with van der Waals surface area (Å²) in [6.07, 6.45) is 5.05. The summed E-state index contributed by atoms with van der Waals surface area (Å²) < 4.78 is 11.9. The highest BCUT2D eigenvalue weighted by atomic mass is 16.5. The number of esters is 2. The molecule has 134 valence electrons. The molecule has 1 aromatic carbocycles. The van der Waals surface area contributed by atoms with Gasteiger partial charge >= 0.3 is 11.9 Å². The van der Waals surface area contributed by atoms with Crippen molar-refractivity contribution in [2.24, 2.45) is 12.5 Å². The Hall–Kier alpha value is -2.56. The van der Waals surface area contributed by atoms with E-state index in [4.69, 9.17) is 9.47 Å². The number of hydrogen-bond donors (Lipinski definition) is 0. The Morgan fingerprint density at radius 1 is 1.12 bits per heavy atom. The minimum absolute atomic E-state index is 0.214. The monoisotopic (exact) mass is 343 g/mol. The van der Waals surface area contributed by atoms with Crippen molar-refractivity contribution >= 4 is 22.8 Å². The maximum absolute atomic E-state index is 12.6. The summed E-state index contributed by atoms with van der Waals surface area (Å²) in [6.45, 7) is 2.00. The molecule has 0 saturated carbocycles.